The molecule has 2 aromatic rings. The lowest BCUT2D eigenvalue weighted by Gasteiger charge is -2.25. The van der Waals surface area contributed by atoms with Gasteiger partial charge >= 0.3 is 0 Å². The molecule has 1 aromatic carbocycles. The first-order chi connectivity index (χ1) is 10.1. The molecule has 1 saturated heterocycles. The second-order valence-corrected chi connectivity index (χ2v) is 5.50. The summed E-state index contributed by atoms with van der Waals surface area (Å²) in [5, 5.41) is 12.4. The molecule has 2 heterocycles. The fourth-order valence-electron chi connectivity index (χ4n) is 2.43. The average Bonchev–Trinajstić information content (AvgIpc) is 3.10. The van der Waals surface area contributed by atoms with E-state index in [4.69, 9.17) is 26.8 Å². The van der Waals surface area contributed by atoms with Crippen LogP contribution < -0.4 is 5.73 Å². The minimum atomic E-state index is -0.398. The number of tetrazole rings is 1. The number of anilines is 1. The molecule has 1 fully saturated rings. The fourth-order valence-corrected chi connectivity index (χ4v) is 2.70. The number of rotatable bonds is 4. The van der Waals surface area contributed by atoms with Crippen molar-refractivity contribution in [2.45, 2.75) is 18.6 Å². The zero-order valence-electron chi connectivity index (χ0n) is 11.6. The lowest BCUT2D eigenvalue weighted by molar-refractivity contribution is -0.0317. The molecule has 0 amide bonds. The van der Waals surface area contributed by atoms with Crippen LogP contribution in [-0.4, -0.2) is 46.1 Å². The Hall–Kier alpha value is -1.70. The SMILES string of the molecule is COC1(Cn2nnnc2-c2ccc(N)cc2Cl)CCOC1. The highest BCUT2D eigenvalue weighted by atomic mass is 35.5. The fraction of sp³-hybridized carbons (Fsp3) is 0.462. The van der Waals surface area contributed by atoms with Crippen LogP contribution in [0.1, 0.15) is 6.42 Å². The zero-order chi connectivity index (χ0) is 14.9. The van der Waals surface area contributed by atoms with E-state index in [-0.39, 0.29) is 0 Å². The quantitative estimate of drug-likeness (QED) is 0.858. The molecular formula is C13H16ClN5O2. The highest BCUT2D eigenvalue weighted by molar-refractivity contribution is 6.33. The summed E-state index contributed by atoms with van der Waals surface area (Å²) in [7, 11) is 1.68. The van der Waals surface area contributed by atoms with Gasteiger partial charge in [-0.05, 0) is 28.6 Å². The molecule has 2 N–H and O–H groups in total. The molecule has 112 valence electrons. The van der Waals surface area contributed by atoms with Gasteiger partial charge in [0.15, 0.2) is 5.82 Å². The molecule has 0 bridgehead atoms. The van der Waals surface area contributed by atoms with Gasteiger partial charge in [-0.2, -0.15) is 0 Å². The maximum Gasteiger partial charge on any atom is 0.183 e. The molecule has 1 aromatic heterocycles. The van der Waals surface area contributed by atoms with Gasteiger partial charge < -0.3 is 15.2 Å². The van der Waals surface area contributed by atoms with Crippen molar-refractivity contribution in [3.05, 3.63) is 23.2 Å². The van der Waals surface area contributed by atoms with Crippen molar-refractivity contribution in [2.75, 3.05) is 26.1 Å². The van der Waals surface area contributed by atoms with E-state index in [0.717, 1.165) is 12.0 Å². The van der Waals surface area contributed by atoms with Crippen molar-refractivity contribution in [3.8, 4) is 11.4 Å². The number of nitrogens with zero attached hydrogens (tertiary/aromatic N) is 4. The minimum absolute atomic E-state index is 0.398. The smallest absolute Gasteiger partial charge is 0.183 e. The van der Waals surface area contributed by atoms with Crippen LogP contribution >= 0.6 is 11.6 Å². The first kappa shape index (κ1) is 14.2. The normalized spacial score (nSPS) is 21.8. The number of hydrogen-bond acceptors (Lipinski definition) is 6. The number of aromatic nitrogens is 4. The maximum atomic E-state index is 6.23. The highest BCUT2D eigenvalue weighted by Gasteiger charge is 2.36. The van der Waals surface area contributed by atoms with Crippen molar-refractivity contribution in [1.82, 2.24) is 20.2 Å². The molecule has 0 saturated carbocycles. The molecule has 0 spiro atoms. The highest BCUT2D eigenvalue weighted by Crippen LogP contribution is 2.30. The Bertz CT molecular complexity index is 639. The van der Waals surface area contributed by atoms with E-state index in [2.05, 4.69) is 15.5 Å². The summed E-state index contributed by atoms with van der Waals surface area (Å²) < 4.78 is 12.7. The van der Waals surface area contributed by atoms with E-state index >= 15 is 0 Å². The van der Waals surface area contributed by atoms with Gasteiger partial charge in [-0.25, -0.2) is 4.68 Å². The number of ether oxygens (including phenoxy) is 2. The van der Waals surface area contributed by atoms with E-state index in [0.29, 0.717) is 36.3 Å². The summed E-state index contributed by atoms with van der Waals surface area (Å²) >= 11 is 6.23. The van der Waals surface area contributed by atoms with Crippen LogP contribution in [0.15, 0.2) is 18.2 Å². The van der Waals surface area contributed by atoms with Crippen molar-refractivity contribution >= 4 is 17.3 Å². The van der Waals surface area contributed by atoms with Crippen LogP contribution in [-0.2, 0) is 16.0 Å². The molecule has 7 nitrogen and oxygen atoms in total. The molecule has 8 heteroatoms. The molecule has 1 aliphatic rings. The Balaban J connectivity index is 1.94. The third kappa shape index (κ3) is 2.72. The van der Waals surface area contributed by atoms with Crippen molar-refractivity contribution < 1.29 is 9.47 Å². The third-order valence-electron chi connectivity index (χ3n) is 3.70. The summed E-state index contributed by atoms with van der Waals surface area (Å²) in [4.78, 5) is 0. The minimum Gasteiger partial charge on any atom is -0.399 e. The third-order valence-corrected chi connectivity index (χ3v) is 4.02. The van der Waals surface area contributed by atoms with Crippen LogP contribution in [0.2, 0.25) is 5.02 Å². The second kappa shape index (κ2) is 5.59. The van der Waals surface area contributed by atoms with Gasteiger partial charge in [0, 0.05) is 31.4 Å². The van der Waals surface area contributed by atoms with Crippen molar-refractivity contribution in [2.24, 2.45) is 0 Å². The summed E-state index contributed by atoms with van der Waals surface area (Å²) in [6.07, 6.45) is 0.804. The molecule has 1 aliphatic heterocycles. The predicted octanol–water partition coefficient (Wildman–Crippen LogP) is 1.38. The van der Waals surface area contributed by atoms with Gasteiger partial charge in [-0.15, -0.1) is 5.10 Å². The van der Waals surface area contributed by atoms with Gasteiger partial charge in [0.1, 0.15) is 5.60 Å². The summed E-state index contributed by atoms with van der Waals surface area (Å²) in [5.74, 6) is 0.586. The zero-order valence-corrected chi connectivity index (χ0v) is 12.4. The first-order valence-corrected chi connectivity index (χ1v) is 6.96. The largest absolute Gasteiger partial charge is 0.399 e. The monoisotopic (exact) mass is 309 g/mol. The van der Waals surface area contributed by atoms with Gasteiger partial charge in [0.25, 0.3) is 0 Å². The van der Waals surface area contributed by atoms with E-state index < -0.39 is 5.60 Å². The number of halogens is 1. The Labute approximate surface area is 127 Å². The Morgan fingerprint density at radius 1 is 1.52 bits per heavy atom. The molecule has 0 aliphatic carbocycles. The van der Waals surface area contributed by atoms with Crippen molar-refractivity contribution in [1.29, 1.82) is 0 Å². The van der Waals surface area contributed by atoms with Gasteiger partial charge in [0.2, 0.25) is 0 Å². The topological polar surface area (TPSA) is 88.1 Å². The average molecular weight is 310 g/mol. The summed E-state index contributed by atoms with van der Waals surface area (Å²) in [6, 6.07) is 5.26. The molecule has 1 unspecified atom stereocenters. The summed E-state index contributed by atoms with van der Waals surface area (Å²) in [5.41, 5.74) is 6.65. The number of methoxy groups -OCH3 is 1. The van der Waals surface area contributed by atoms with Crippen LogP contribution in [0.5, 0.6) is 0 Å². The van der Waals surface area contributed by atoms with Crippen LogP contribution in [0.25, 0.3) is 11.4 Å². The Morgan fingerprint density at radius 3 is 3.05 bits per heavy atom. The summed E-state index contributed by atoms with van der Waals surface area (Å²) in [6.45, 7) is 1.71. The molecule has 3 rings (SSSR count). The van der Waals surface area contributed by atoms with Crippen LogP contribution in [0.3, 0.4) is 0 Å². The van der Waals surface area contributed by atoms with E-state index in [9.17, 15) is 0 Å². The number of nitrogens with two attached hydrogens (primary N) is 1. The van der Waals surface area contributed by atoms with Crippen LogP contribution in [0, 0.1) is 0 Å². The Morgan fingerprint density at radius 2 is 2.38 bits per heavy atom. The number of hydrogen-bond donors (Lipinski definition) is 1. The van der Waals surface area contributed by atoms with Gasteiger partial charge in [-0.3, -0.25) is 0 Å². The molecule has 1 atom stereocenters. The van der Waals surface area contributed by atoms with E-state index in [1.165, 1.54) is 0 Å². The standard InChI is InChI=1S/C13H16ClN5O2/c1-20-13(4-5-21-8-13)7-19-12(16-17-18-19)10-3-2-9(15)6-11(10)14/h2-3,6H,4-5,7-8,15H2,1H3. The maximum absolute atomic E-state index is 6.23. The molecular weight excluding hydrogens is 294 g/mol. The van der Waals surface area contributed by atoms with Crippen molar-refractivity contribution in [3.63, 3.8) is 0 Å². The van der Waals surface area contributed by atoms with E-state index in [1.54, 1.807) is 23.9 Å². The lowest BCUT2D eigenvalue weighted by Crippen LogP contribution is -2.37. The van der Waals surface area contributed by atoms with Gasteiger partial charge in [-0.1, -0.05) is 11.6 Å². The first-order valence-electron chi connectivity index (χ1n) is 6.58. The molecule has 0 radical (unpaired) electrons. The van der Waals surface area contributed by atoms with Gasteiger partial charge in [0.05, 0.1) is 18.2 Å². The number of nitrogen functional groups attached to an aromatic ring is 1. The second-order valence-electron chi connectivity index (χ2n) is 5.09. The molecule has 21 heavy (non-hydrogen) atoms. The number of benzene rings is 1. The Kier molecular flexibility index (Phi) is 3.79. The van der Waals surface area contributed by atoms with E-state index in [1.807, 2.05) is 6.07 Å². The van der Waals surface area contributed by atoms with Crippen LogP contribution in [0.4, 0.5) is 5.69 Å². The lowest BCUT2D eigenvalue weighted by atomic mass is 10.0. The predicted molar refractivity (Wildman–Crippen MR) is 77.9 cm³/mol.